The number of hydrogen-bond donors (Lipinski definition) is 2. The SMILES string of the molecule is Cc1c(N)cc(C(=O)NCc2ccc(Cl)s2)cc1F. The van der Waals surface area contributed by atoms with Crippen molar-refractivity contribution < 1.29 is 9.18 Å². The number of nitrogens with one attached hydrogen (secondary N) is 1. The number of nitrogens with two attached hydrogens (primary N) is 1. The zero-order chi connectivity index (χ0) is 14.0. The van der Waals surface area contributed by atoms with E-state index in [-0.39, 0.29) is 17.2 Å². The minimum absolute atomic E-state index is 0.211. The van der Waals surface area contributed by atoms with Gasteiger partial charge < -0.3 is 11.1 Å². The van der Waals surface area contributed by atoms with Crippen LogP contribution in [0, 0.1) is 12.7 Å². The van der Waals surface area contributed by atoms with Crippen LogP contribution < -0.4 is 11.1 Å². The maximum atomic E-state index is 13.5. The molecule has 1 aromatic carbocycles. The number of hydrogen-bond acceptors (Lipinski definition) is 3. The maximum Gasteiger partial charge on any atom is 0.251 e. The predicted octanol–water partition coefficient (Wildman–Crippen LogP) is 3.36. The number of amides is 1. The molecule has 1 aromatic heterocycles. The lowest BCUT2D eigenvalue weighted by Gasteiger charge is -2.07. The van der Waals surface area contributed by atoms with Gasteiger partial charge in [0.15, 0.2) is 0 Å². The van der Waals surface area contributed by atoms with Gasteiger partial charge in [0.05, 0.1) is 10.9 Å². The monoisotopic (exact) mass is 298 g/mol. The second-order valence-corrected chi connectivity index (χ2v) is 5.86. The van der Waals surface area contributed by atoms with E-state index in [9.17, 15) is 9.18 Å². The summed E-state index contributed by atoms with van der Waals surface area (Å²) in [5, 5.41) is 2.69. The highest BCUT2D eigenvalue weighted by Gasteiger charge is 2.11. The summed E-state index contributed by atoms with van der Waals surface area (Å²) in [4.78, 5) is 12.8. The summed E-state index contributed by atoms with van der Waals surface area (Å²) in [5.41, 5.74) is 6.46. The summed E-state index contributed by atoms with van der Waals surface area (Å²) in [7, 11) is 0. The van der Waals surface area contributed by atoms with Crippen molar-refractivity contribution >= 4 is 34.5 Å². The molecule has 0 spiro atoms. The largest absolute Gasteiger partial charge is 0.398 e. The molecule has 2 rings (SSSR count). The minimum atomic E-state index is -0.482. The molecule has 0 unspecified atom stereocenters. The van der Waals surface area contributed by atoms with Gasteiger partial charge in [0.2, 0.25) is 0 Å². The number of rotatable bonds is 3. The van der Waals surface area contributed by atoms with Gasteiger partial charge in [-0.2, -0.15) is 0 Å². The van der Waals surface area contributed by atoms with E-state index in [1.165, 1.54) is 23.5 Å². The molecule has 1 heterocycles. The molecule has 100 valence electrons. The van der Waals surface area contributed by atoms with Gasteiger partial charge in [0.1, 0.15) is 5.82 Å². The zero-order valence-corrected chi connectivity index (χ0v) is 11.7. The average molecular weight is 299 g/mol. The van der Waals surface area contributed by atoms with Crippen LogP contribution in [0.2, 0.25) is 4.34 Å². The second-order valence-electron chi connectivity index (χ2n) is 4.06. The Morgan fingerprint density at radius 1 is 1.47 bits per heavy atom. The average Bonchev–Trinajstić information content (AvgIpc) is 2.78. The Hall–Kier alpha value is -1.59. The van der Waals surface area contributed by atoms with Gasteiger partial charge in [-0.05, 0) is 31.2 Å². The van der Waals surface area contributed by atoms with Crippen LogP contribution in [0.25, 0.3) is 0 Å². The van der Waals surface area contributed by atoms with Gasteiger partial charge in [0, 0.05) is 21.7 Å². The minimum Gasteiger partial charge on any atom is -0.398 e. The standard InChI is InChI=1S/C13H12ClFN2OS/c1-7-10(15)4-8(5-11(7)16)13(18)17-6-9-2-3-12(14)19-9/h2-5H,6,16H2,1H3,(H,17,18). The second kappa shape index (κ2) is 5.59. The molecule has 1 amide bonds. The first-order chi connectivity index (χ1) is 8.97. The number of carbonyl (C=O) groups excluding carboxylic acids is 1. The molecule has 0 saturated carbocycles. The summed E-state index contributed by atoms with van der Waals surface area (Å²) < 4.78 is 14.2. The lowest BCUT2D eigenvalue weighted by molar-refractivity contribution is 0.0951. The molecular weight excluding hydrogens is 287 g/mol. The summed E-state index contributed by atoms with van der Waals surface area (Å²) in [6, 6.07) is 6.24. The lowest BCUT2D eigenvalue weighted by atomic mass is 10.1. The first-order valence-electron chi connectivity index (χ1n) is 5.55. The summed E-state index contributed by atoms with van der Waals surface area (Å²) >= 11 is 7.18. The Morgan fingerprint density at radius 2 is 2.21 bits per heavy atom. The Balaban J connectivity index is 2.08. The summed E-state index contributed by atoms with van der Waals surface area (Å²) in [5.74, 6) is -0.848. The van der Waals surface area contributed by atoms with Crippen LogP contribution in [0.15, 0.2) is 24.3 Å². The van der Waals surface area contributed by atoms with Crippen molar-refractivity contribution in [1.82, 2.24) is 5.32 Å². The number of halogens is 2. The van der Waals surface area contributed by atoms with Crippen molar-refractivity contribution in [2.75, 3.05) is 5.73 Å². The molecule has 0 aliphatic rings. The van der Waals surface area contributed by atoms with Crippen molar-refractivity contribution in [2.45, 2.75) is 13.5 Å². The Morgan fingerprint density at radius 3 is 2.79 bits per heavy atom. The van der Waals surface area contributed by atoms with Crippen molar-refractivity contribution in [3.63, 3.8) is 0 Å². The van der Waals surface area contributed by atoms with Crippen LogP contribution in [-0.4, -0.2) is 5.91 Å². The van der Waals surface area contributed by atoms with Crippen LogP contribution in [0.4, 0.5) is 10.1 Å². The third kappa shape index (κ3) is 3.24. The maximum absolute atomic E-state index is 13.5. The van der Waals surface area contributed by atoms with Gasteiger partial charge in [-0.1, -0.05) is 11.6 Å². The fourth-order valence-corrected chi connectivity index (χ4v) is 2.57. The van der Waals surface area contributed by atoms with Crippen LogP contribution in [-0.2, 0) is 6.54 Å². The Labute approximate surface area is 119 Å². The summed E-state index contributed by atoms with van der Waals surface area (Å²) in [6.07, 6.45) is 0. The third-order valence-corrected chi connectivity index (χ3v) is 3.93. The molecule has 3 N–H and O–H groups in total. The molecule has 0 fully saturated rings. The lowest BCUT2D eigenvalue weighted by Crippen LogP contribution is -2.22. The van der Waals surface area contributed by atoms with Crippen molar-refractivity contribution in [3.05, 3.63) is 50.4 Å². The predicted molar refractivity (Wildman–Crippen MR) is 76.0 cm³/mol. The van der Waals surface area contributed by atoms with Crippen LogP contribution in [0.5, 0.6) is 0 Å². The van der Waals surface area contributed by atoms with E-state index in [0.717, 1.165) is 4.88 Å². The number of benzene rings is 1. The van der Waals surface area contributed by atoms with Crippen LogP contribution in [0.1, 0.15) is 20.8 Å². The van der Waals surface area contributed by atoms with Gasteiger partial charge >= 0.3 is 0 Å². The molecular formula is C13H12ClFN2OS. The zero-order valence-electron chi connectivity index (χ0n) is 10.2. The van der Waals surface area contributed by atoms with Crippen molar-refractivity contribution in [2.24, 2.45) is 0 Å². The quantitative estimate of drug-likeness (QED) is 0.854. The van der Waals surface area contributed by atoms with E-state index in [1.54, 1.807) is 13.0 Å². The van der Waals surface area contributed by atoms with Crippen molar-refractivity contribution in [3.8, 4) is 0 Å². The van der Waals surface area contributed by atoms with E-state index in [0.29, 0.717) is 16.4 Å². The van der Waals surface area contributed by atoms with E-state index in [1.807, 2.05) is 6.07 Å². The molecule has 19 heavy (non-hydrogen) atoms. The van der Waals surface area contributed by atoms with E-state index < -0.39 is 5.82 Å². The highest BCUT2D eigenvalue weighted by molar-refractivity contribution is 7.16. The highest BCUT2D eigenvalue weighted by Crippen LogP contribution is 2.21. The number of thiophene rings is 1. The molecule has 2 aromatic rings. The number of nitrogen functional groups attached to an aromatic ring is 1. The fourth-order valence-electron chi connectivity index (χ4n) is 1.55. The third-order valence-electron chi connectivity index (χ3n) is 2.70. The fraction of sp³-hybridized carbons (Fsp3) is 0.154. The topological polar surface area (TPSA) is 55.1 Å². The molecule has 0 bridgehead atoms. The number of anilines is 1. The summed E-state index contributed by atoms with van der Waals surface area (Å²) in [6.45, 7) is 1.92. The first kappa shape index (κ1) is 13.8. The molecule has 0 aliphatic carbocycles. The first-order valence-corrected chi connectivity index (χ1v) is 6.75. The van der Waals surface area contributed by atoms with Crippen molar-refractivity contribution in [1.29, 1.82) is 0 Å². The smallest absolute Gasteiger partial charge is 0.251 e. The molecule has 0 aliphatic heterocycles. The molecule has 6 heteroatoms. The van der Waals surface area contributed by atoms with Crippen LogP contribution in [0.3, 0.4) is 0 Å². The van der Waals surface area contributed by atoms with Gasteiger partial charge in [-0.3, -0.25) is 4.79 Å². The molecule has 0 radical (unpaired) electrons. The Kier molecular flexibility index (Phi) is 4.07. The van der Waals surface area contributed by atoms with Gasteiger partial charge in [-0.25, -0.2) is 4.39 Å². The van der Waals surface area contributed by atoms with Crippen LogP contribution >= 0.6 is 22.9 Å². The highest BCUT2D eigenvalue weighted by atomic mass is 35.5. The van der Waals surface area contributed by atoms with Gasteiger partial charge in [0.25, 0.3) is 5.91 Å². The normalized spacial score (nSPS) is 10.5. The van der Waals surface area contributed by atoms with E-state index >= 15 is 0 Å². The molecule has 0 atom stereocenters. The Bertz CT molecular complexity index is 604. The van der Waals surface area contributed by atoms with E-state index in [2.05, 4.69) is 5.32 Å². The van der Waals surface area contributed by atoms with E-state index in [4.69, 9.17) is 17.3 Å². The van der Waals surface area contributed by atoms with Gasteiger partial charge in [-0.15, -0.1) is 11.3 Å². The molecule has 3 nitrogen and oxygen atoms in total. The molecule has 0 saturated heterocycles. The number of carbonyl (C=O) groups is 1.